The molecular formula is C19H27N3O8S2. The summed E-state index contributed by atoms with van der Waals surface area (Å²) >= 11 is 0. The molecule has 0 bridgehead atoms. The second-order valence-electron chi connectivity index (χ2n) is 7.33. The zero-order valence-corrected chi connectivity index (χ0v) is 19.5. The Morgan fingerprint density at radius 3 is 2.38 bits per heavy atom. The van der Waals surface area contributed by atoms with Gasteiger partial charge in [-0.05, 0) is 37.1 Å². The Kier molecular flexibility index (Phi) is 8.75. The lowest BCUT2D eigenvalue weighted by Gasteiger charge is -2.27. The molecule has 0 aliphatic carbocycles. The van der Waals surface area contributed by atoms with Gasteiger partial charge in [-0.15, -0.1) is 0 Å². The van der Waals surface area contributed by atoms with Crippen LogP contribution in [-0.4, -0.2) is 76.8 Å². The molecule has 1 saturated heterocycles. The van der Waals surface area contributed by atoms with Gasteiger partial charge >= 0.3 is 5.97 Å². The first-order valence-electron chi connectivity index (χ1n) is 9.96. The van der Waals surface area contributed by atoms with Gasteiger partial charge in [-0.25, -0.2) is 16.8 Å². The smallest absolute Gasteiger partial charge is 0.321 e. The molecule has 32 heavy (non-hydrogen) atoms. The summed E-state index contributed by atoms with van der Waals surface area (Å²) in [5, 5.41) is 2.51. The molecule has 1 aromatic rings. The van der Waals surface area contributed by atoms with Gasteiger partial charge in [-0.1, -0.05) is 6.92 Å². The van der Waals surface area contributed by atoms with Crippen molar-refractivity contribution in [1.82, 2.24) is 9.62 Å². The second kappa shape index (κ2) is 10.9. The van der Waals surface area contributed by atoms with Crippen LogP contribution in [0.2, 0.25) is 0 Å². The minimum absolute atomic E-state index is 0.0124. The Balaban J connectivity index is 1.87. The highest BCUT2D eigenvalue weighted by Crippen LogP contribution is 2.18. The van der Waals surface area contributed by atoms with E-state index in [2.05, 4.69) is 10.0 Å². The molecule has 0 aromatic heterocycles. The van der Waals surface area contributed by atoms with Crippen molar-refractivity contribution in [1.29, 1.82) is 0 Å². The predicted molar refractivity (Wildman–Crippen MR) is 116 cm³/mol. The first-order valence-corrected chi connectivity index (χ1v) is 13.3. The molecule has 1 aliphatic heterocycles. The number of amides is 2. The third kappa shape index (κ3) is 7.57. The van der Waals surface area contributed by atoms with Crippen LogP contribution in [-0.2, 0) is 39.0 Å². The number of anilines is 1. The van der Waals surface area contributed by atoms with E-state index in [9.17, 15) is 31.2 Å². The van der Waals surface area contributed by atoms with E-state index in [0.717, 1.165) is 0 Å². The minimum atomic E-state index is -4.02. The van der Waals surface area contributed by atoms with E-state index < -0.39 is 50.9 Å². The predicted octanol–water partition coefficient (Wildman–Crippen LogP) is -0.108. The molecule has 1 heterocycles. The molecule has 13 heteroatoms. The molecule has 1 aliphatic rings. The first-order chi connectivity index (χ1) is 14.9. The van der Waals surface area contributed by atoms with Gasteiger partial charge in [0.15, 0.2) is 16.4 Å². The van der Waals surface area contributed by atoms with Crippen LogP contribution in [0.25, 0.3) is 0 Å². The quantitative estimate of drug-likeness (QED) is 0.431. The van der Waals surface area contributed by atoms with Crippen molar-refractivity contribution in [3.63, 3.8) is 0 Å². The average Bonchev–Trinajstić information content (AvgIpc) is 3.08. The molecule has 0 saturated carbocycles. The molecular weight excluding hydrogens is 462 g/mol. The van der Waals surface area contributed by atoms with Crippen molar-refractivity contribution in [2.24, 2.45) is 0 Å². The Labute approximate surface area is 187 Å². The van der Waals surface area contributed by atoms with Crippen molar-refractivity contribution < 1.29 is 36.0 Å². The molecule has 0 spiro atoms. The highest BCUT2D eigenvalue weighted by atomic mass is 32.2. The first kappa shape index (κ1) is 25.7. The van der Waals surface area contributed by atoms with Crippen LogP contribution in [0.3, 0.4) is 0 Å². The van der Waals surface area contributed by atoms with Gasteiger partial charge in [-0.3, -0.25) is 14.4 Å². The Morgan fingerprint density at radius 1 is 1.19 bits per heavy atom. The number of rotatable bonds is 10. The van der Waals surface area contributed by atoms with Crippen molar-refractivity contribution in [3.8, 4) is 0 Å². The number of carbonyl (C=O) groups is 3. The summed E-state index contributed by atoms with van der Waals surface area (Å²) < 4.78 is 55.0. The van der Waals surface area contributed by atoms with E-state index in [1.54, 1.807) is 0 Å². The maximum absolute atomic E-state index is 12.5. The Hall–Kier alpha value is -2.51. The summed E-state index contributed by atoms with van der Waals surface area (Å²) in [6.45, 7) is 2.20. The molecule has 2 rings (SSSR count). The van der Waals surface area contributed by atoms with E-state index in [4.69, 9.17) is 4.74 Å². The number of sulfonamides is 1. The second-order valence-corrected chi connectivity index (χ2v) is 11.3. The van der Waals surface area contributed by atoms with Gasteiger partial charge in [-0.2, -0.15) is 4.72 Å². The van der Waals surface area contributed by atoms with Gasteiger partial charge in [0, 0.05) is 25.2 Å². The number of esters is 1. The van der Waals surface area contributed by atoms with Gasteiger partial charge < -0.3 is 15.0 Å². The van der Waals surface area contributed by atoms with E-state index in [1.807, 2.05) is 6.92 Å². The SMILES string of the molecule is CCCN(C(=O)COC(=O)CNS(=O)(=O)c1ccc(NC(C)=O)cc1)[C@@H]1CCS(=O)(=O)C1. The molecule has 2 N–H and O–H groups in total. The molecule has 0 radical (unpaired) electrons. The molecule has 178 valence electrons. The summed E-state index contributed by atoms with van der Waals surface area (Å²) in [4.78, 5) is 36.7. The maximum atomic E-state index is 12.5. The van der Waals surface area contributed by atoms with Crippen molar-refractivity contribution in [2.75, 3.05) is 36.5 Å². The summed E-state index contributed by atoms with van der Waals surface area (Å²) in [5.41, 5.74) is 0.418. The normalized spacial score (nSPS) is 17.5. The van der Waals surface area contributed by atoms with E-state index in [1.165, 1.54) is 36.1 Å². The lowest BCUT2D eigenvalue weighted by Crippen LogP contribution is -2.44. The Morgan fingerprint density at radius 2 is 1.84 bits per heavy atom. The van der Waals surface area contributed by atoms with Crippen LogP contribution in [0.15, 0.2) is 29.2 Å². The molecule has 1 atom stereocenters. The lowest BCUT2D eigenvalue weighted by molar-refractivity contribution is -0.151. The summed E-state index contributed by atoms with van der Waals surface area (Å²) in [5.74, 6) is -1.89. The number of nitrogens with zero attached hydrogens (tertiary/aromatic N) is 1. The summed E-state index contributed by atoms with van der Waals surface area (Å²) in [6, 6.07) is 4.88. The molecule has 1 aromatic carbocycles. The topological polar surface area (TPSA) is 156 Å². The fourth-order valence-electron chi connectivity index (χ4n) is 3.21. The average molecular weight is 490 g/mol. The molecule has 11 nitrogen and oxygen atoms in total. The zero-order chi connectivity index (χ0) is 23.9. The van der Waals surface area contributed by atoms with Crippen LogP contribution in [0.5, 0.6) is 0 Å². The number of benzene rings is 1. The fraction of sp³-hybridized carbons (Fsp3) is 0.526. The largest absolute Gasteiger partial charge is 0.455 e. The number of hydrogen-bond acceptors (Lipinski definition) is 8. The summed E-state index contributed by atoms with van der Waals surface area (Å²) in [6.07, 6.45) is 0.944. The third-order valence-corrected chi connectivity index (χ3v) is 7.85. The van der Waals surface area contributed by atoms with E-state index >= 15 is 0 Å². The fourth-order valence-corrected chi connectivity index (χ4v) is 5.91. The number of sulfone groups is 1. The molecule has 0 unspecified atom stereocenters. The van der Waals surface area contributed by atoms with Gasteiger partial charge in [0.25, 0.3) is 5.91 Å². The monoisotopic (exact) mass is 489 g/mol. The maximum Gasteiger partial charge on any atom is 0.321 e. The van der Waals surface area contributed by atoms with Gasteiger partial charge in [0.2, 0.25) is 15.9 Å². The Bertz CT molecular complexity index is 1050. The van der Waals surface area contributed by atoms with Gasteiger partial charge in [0.1, 0.15) is 6.54 Å². The molecule has 1 fully saturated rings. The van der Waals surface area contributed by atoms with Gasteiger partial charge in [0.05, 0.1) is 16.4 Å². The molecule has 2 amide bonds. The minimum Gasteiger partial charge on any atom is -0.455 e. The number of nitrogens with one attached hydrogen (secondary N) is 2. The van der Waals surface area contributed by atoms with Crippen LogP contribution in [0, 0.1) is 0 Å². The van der Waals surface area contributed by atoms with Crippen molar-refractivity contribution in [2.45, 2.75) is 37.6 Å². The van der Waals surface area contributed by atoms with Crippen LogP contribution >= 0.6 is 0 Å². The lowest BCUT2D eigenvalue weighted by atomic mass is 10.2. The highest BCUT2D eigenvalue weighted by Gasteiger charge is 2.34. The van der Waals surface area contributed by atoms with Crippen LogP contribution in [0.1, 0.15) is 26.7 Å². The van der Waals surface area contributed by atoms with Crippen LogP contribution < -0.4 is 10.0 Å². The number of ether oxygens (including phenoxy) is 1. The van der Waals surface area contributed by atoms with E-state index in [-0.39, 0.29) is 22.3 Å². The standard InChI is InChI=1S/C19H27N3O8S2/c1-3-9-22(16-8-10-31(26,27)13-16)18(24)12-30-19(25)11-20-32(28,29)17-6-4-15(5-7-17)21-14(2)23/h4-7,16,20H,3,8-13H2,1-2H3,(H,21,23)/t16-/m1/s1. The summed E-state index contributed by atoms with van der Waals surface area (Å²) in [7, 11) is -7.20. The van der Waals surface area contributed by atoms with Crippen LogP contribution in [0.4, 0.5) is 5.69 Å². The highest BCUT2D eigenvalue weighted by molar-refractivity contribution is 7.91. The van der Waals surface area contributed by atoms with Crippen molar-refractivity contribution in [3.05, 3.63) is 24.3 Å². The van der Waals surface area contributed by atoms with E-state index in [0.29, 0.717) is 25.1 Å². The third-order valence-electron chi connectivity index (χ3n) is 4.68. The zero-order valence-electron chi connectivity index (χ0n) is 17.9. The van der Waals surface area contributed by atoms with Crippen molar-refractivity contribution >= 4 is 43.3 Å². The number of carbonyl (C=O) groups excluding carboxylic acids is 3. The number of hydrogen-bond donors (Lipinski definition) is 2.